The average molecular weight is 480 g/mol. The molecule has 0 saturated heterocycles. The number of aliphatic carboxylic acids is 1. The topological polar surface area (TPSA) is 139 Å². The first-order valence-corrected chi connectivity index (χ1v) is 11.5. The van der Waals surface area contributed by atoms with Crippen LogP contribution in [-0.4, -0.2) is 50.5 Å². The maximum atomic E-state index is 13.0. The van der Waals surface area contributed by atoms with Crippen molar-refractivity contribution in [3.63, 3.8) is 0 Å². The van der Waals surface area contributed by atoms with E-state index in [4.69, 9.17) is 4.74 Å². The van der Waals surface area contributed by atoms with Gasteiger partial charge >= 0.3 is 5.97 Å². The number of fused-ring (bicyclic) bond motifs is 1. The quantitative estimate of drug-likeness (QED) is 0.348. The molecule has 4 rings (SSSR count). The van der Waals surface area contributed by atoms with Crippen LogP contribution in [0.5, 0.6) is 5.75 Å². The molecule has 0 fully saturated rings. The number of hydrogen-bond donors (Lipinski definition) is 4. The summed E-state index contributed by atoms with van der Waals surface area (Å²) in [6, 6.07) is 10.2. The predicted octanol–water partition coefficient (Wildman–Crippen LogP) is 2.33. The Morgan fingerprint density at radius 3 is 2.74 bits per heavy atom. The number of amides is 1. The van der Waals surface area contributed by atoms with Crippen molar-refractivity contribution in [2.45, 2.75) is 44.9 Å². The number of carbonyl (C=O) groups is 2. The standard InChI is InChI=1S/C25H29N5O5/c1-35-19-8-5-16(6-9-19)21(13-23(32)33)29-25(34)20-14-27-30(22(20)15-31)12-10-18-7-4-17-3-2-11-26-24(17)28-18/h4-9,14,21,31H,2-3,10-13,15H2,1H3,(H,26,28)(H,29,34)(H,32,33). The lowest BCUT2D eigenvalue weighted by molar-refractivity contribution is -0.137. The van der Waals surface area contributed by atoms with Gasteiger partial charge in [-0.3, -0.25) is 14.3 Å². The lowest BCUT2D eigenvalue weighted by Gasteiger charge is -2.18. The fourth-order valence-corrected chi connectivity index (χ4v) is 4.19. The predicted molar refractivity (Wildman–Crippen MR) is 128 cm³/mol. The number of ether oxygens (including phenoxy) is 1. The monoisotopic (exact) mass is 479 g/mol. The molecule has 0 aliphatic carbocycles. The van der Waals surface area contributed by atoms with E-state index in [1.807, 2.05) is 6.07 Å². The van der Waals surface area contributed by atoms with Crippen LogP contribution in [-0.2, 0) is 30.8 Å². The van der Waals surface area contributed by atoms with Crippen LogP contribution in [0.1, 0.15) is 51.8 Å². The van der Waals surface area contributed by atoms with Crippen LogP contribution in [0.3, 0.4) is 0 Å². The molecular formula is C25H29N5O5. The van der Waals surface area contributed by atoms with Crippen molar-refractivity contribution in [3.8, 4) is 5.75 Å². The third-order valence-electron chi connectivity index (χ3n) is 6.08. The fourth-order valence-electron chi connectivity index (χ4n) is 4.19. The molecule has 1 aliphatic rings. The molecule has 0 radical (unpaired) electrons. The summed E-state index contributed by atoms with van der Waals surface area (Å²) in [5.41, 5.74) is 3.30. The van der Waals surface area contributed by atoms with E-state index in [2.05, 4.69) is 26.8 Å². The Morgan fingerprint density at radius 1 is 1.23 bits per heavy atom. The third kappa shape index (κ3) is 5.78. The SMILES string of the molecule is COc1ccc(C(CC(=O)O)NC(=O)c2cnn(CCc3ccc4c(n3)NCCC4)c2CO)cc1. The van der Waals surface area contributed by atoms with Gasteiger partial charge in [-0.15, -0.1) is 0 Å². The van der Waals surface area contributed by atoms with Crippen molar-refractivity contribution in [1.82, 2.24) is 20.1 Å². The molecule has 2 aromatic heterocycles. The zero-order valence-corrected chi connectivity index (χ0v) is 19.5. The number of carboxylic acids is 1. The highest BCUT2D eigenvalue weighted by Gasteiger charge is 2.23. The maximum absolute atomic E-state index is 13.0. The minimum absolute atomic E-state index is 0.205. The average Bonchev–Trinajstić information content (AvgIpc) is 3.30. The first-order valence-electron chi connectivity index (χ1n) is 11.5. The van der Waals surface area contributed by atoms with E-state index in [0.717, 1.165) is 30.9 Å². The number of pyridine rings is 1. The van der Waals surface area contributed by atoms with Crippen LogP contribution < -0.4 is 15.4 Å². The number of aliphatic hydroxyl groups is 1. The highest BCUT2D eigenvalue weighted by molar-refractivity contribution is 5.95. The minimum Gasteiger partial charge on any atom is -0.497 e. The van der Waals surface area contributed by atoms with Crippen LogP contribution in [0.25, 0.3) is 0 Å². The van der Waals surface area contributed by atoms with Crippen molar-refractivity contribution in [1.29, 1.82) is 0 Å². The Kier molecular flexibility index (Phi) is 7.61. The molecule has 184 valence electrons. The number of aryl methyl sites for hydroxylation is 3. The van der Waals surface area contributed by atoms with Crippen molar-refractivity contribution < 1.29 is 24.5 Å². The molecule has 3 heterocycles. The lowest BCUT2D eigenvalue weighted by Crippen LogP contribution is -2.30. The molecule has 3 aromatic rings. The van der Waals surface area contributed by atoms with Gasteiger partial charge in [0.15, 0.2) is 0 Å². The van der Waals surface area contributed by atoms with Crippen LogP contribution in [0.15, 0.2) is 42.6 Å². The molecule has 0 bridgehead atoms. The van der Waals surface area contributed by atoms with Gasteiger partial charge in [0, 0.05) is 25.2 Å². The Morgan fingerprint density at radius 2 is 2.03 bits per heavy atom. The Hall–Kier alpha value is -3.92. The number of aliphatic hydroxyl groups excluding tert-OH is 1. The fraction of sp³-hybridized carbons (Fsp3) is 0.360. The Bertz CT molecular complexity index is 1190. The minimum atomic E-state index is -1.05. The largest absolute Gasteiger partial charge is 0.497 e. The van der Waals surface area contributed by atoms with Crippen molar-refractivity contribution in [2.24, 2.45) is 0 Å². The Labute approximate surface area is 203 Å². The number of rotatable bonds is 10. The van der Waals surface area contributed by atoms with Gasteiger partial charge in [0.2, 0.25) is 0 Å². The second kappa shape index (κ2) is 11.0. The zero-order valence-electron chi connectivity index (χ0n) is 19.5. The molecule has 1 aliphatic heterocycles. The van der Waals surface area contributed by atoms with Gasteiger partial charge in [0.25, 0.3) is 5.91 Å². The number of aromatic nitrogens is 3. The normalized spacial score (nSPS) is 13.4. The molecule has 4 N–H and O–H groups in total. The van der Waals surface area contributed by atoms with Crippen LogP contribution >= 0.6 is 0 Å². The smallest absolute Gasteiger partial charge is 0.305 e. The third-order valence-corrected chi connectivity index (χ3v) is 6.08. The first-order chi connectivity index (χ1) is 17.0. The molecule has 10 nitrogen and oxygen atoms in total. The molecule has 0 saturated carbocycles. The van der Waals surface area contributed by atoms with Gasteiger partial charge in [0.1, 0.15) is 11.6 Å². The number of anilines is 1. The molecule has 1 atom stereocenters. The Balaban J connectivity index is 1.47. The summed E-state index contributed by atoms with van der Waals surface area (Å²) in [6.45, 7) is 0.967. The summed E-state index contributed by atoms with van der Waals surface area (Å²) in [5.74, 6) is -0.00318. The molecule has 0 spiro atoms. The van der Waals surface area contributed by atoms with Crippen LogP contribution in [0.2, 0.25) is 0 Å². The van der Waals surface area contributed by atoms with E-state index in [1.165, 1.54) is 18.9 Å². The summed E-state index contributed by atoms with van der Waals surface area (Å²) in [5, 5.41) is 29.7. The second-order valence-electron chi connectivity index (χ2n) is 8.37. The molecular weight excluding hydrogens is 450 g/mol. The number of hydrogen-bond acceptors (Lipinski definition) is 7. The second-order valence-corrected chi connectivity index (χ2v) is 8.37. The van der Waals surface area contributed by atoms with E-state index in [-0.39, 0.29) is 18.6 Å². The van der Waals surface area contributed by atoms with Crippen molar-refractivity contribution in [2.75, 3.05) is 19.0 Å². The number of nitrogens with zero attached hydrogens (tertiary/aromatic N) is 3. The summed E-state index contributed by atoms with van der Waals surface area (Å²) in [7, 11) is 1.54. The van der Waals surface area contributed by atoms with Crippen LogP contribution in [0.4, 0.5) is 5.82 Å². The summed E-state index contributed by atoms with van der Waals surface area (Å²) < 4.78 is 6.73. The highest BCUT2D eigenvalue weighted by atomic mass is 16.5. The number of carbonyl (C=O) groups excluding carboxylic acids is 1. The zero-order chi connectivity index (χ0) is 24.8. The van der Waals surface area contributed by atoms with Gasteiger partial charge in [-0.05, 0) is 42.2 Å². The van der Waals surface area contributed by atoms with Gasteiger partial charge in [-0.2, -0.15) is 5.10 Å². The lowest BCUT2D eigenvalue weighted by atomic mass is 10.0. The maximum Gasteiger partial charge on any atom is 0.305 e. The molecule has 10 heteroatoms. The molecule has 1 aromatic carbocycles. The molecule has 1 unspecified atom stereocenters. The number of carboxylic acid groups (broad SMARTS) is 1. The first kappa shape index (κ1) is 24.2. The molecule has 35 heavy (non-hydrogen) atoms. The summed E-state index contributed by atoms with van der Waals surface area (Å²) >= 11 is 0. The highest BCUT2D eigenvalue weighted by Crippen LogP contribution is 2.23. The van der Waals surface area contributed by atoms with Gasteiger partial charge in [0.05, 0.1) is 43.6 Å². The number of nitrogens with one attached hydrogen (secondary N) is 2. The van der Waals surface area contributed by atoms with Gasteiger partial charge < -0.3 is 25.6 Å². The van der Waals surface area contributed by atoms with Crippen LogP contribution in [0, 0.1) is 0 Å². The summed E-state index contributed by atoms with van der Waals surface area (Å²) in [6.07, 6.45) is 3.80. The van der Waals surface area contributed by atoms with Crippen molar-refractivity contribution in [3.05, 3.63) is 70.7 Å². The number of methoxy groups -OCH3 is 1. The van der Waals surface area contributed by atoms with E-state index in [9.17, 15) is 19.8 Å². The summed E-state index contributed by atoms with van der Waals surface area (Å²) in [4.78, 5) is 29.1. The van der Waals surface area contributed by atoms with Crippen molar-refractivity contribution >= 4 is 17.7 Å². The van der Waals surface area contributed by atoms with E-state index in [0.29, 0.717) is 30.0 Å². The van der Waals surface area contributed by atoms with Gasteiger partial charge in [-0.1, -0.05) is 18.2 Å². The molecule has 1 amide bonds. The van der Waals surface area contributed by atoms with E-state index >= 15 is 0 Å². The van der Waals surface area contributed by atoms with Gasteiger partial charge in [-0.25, -0.2) is 4.98 Å². The number of benzene rings is 1. The van der Waals surface area contributed by atoms with E-state index < -0.39 is 17.9 Å². The van der Waals surface area contributed by atoms with E-state index in [1.54, 1.807) is 28.9 Å².